The van der Waals surface area contributed by atoms with Crippen LogP contribution in [0.5, 0.6) is 0 Å². The van der Waals surface area contributed by atoms with Crippen molar-refractivity contribution in [3.63, 3.8) is 0 Å². The predicted molar refractivity (Wildman–Crippen MR) is 138 cm³/mol. The van der Waals surface area contributed by atoms with E-state index in [1.54, 1.807) is 63.2 Å². The molecule has 0 aliphatic heterocycles. The van der Waals surface area contributed by atoms with E-state index in [1.807, 2.05) is 0 Å². The van der Waals surface area contributed by atoms with Crippen molar-refractivity contribution in [2.75, 3.05) is 19.8 Å². The van der Waals surface area contributed by atoms with Crippen LogP contribution in [0.1, 0.15) is 26.3 Å². The van der Waals surface area contributed by atoms with Gasteiger partial charge >= 0.3 is 13.7 Å². The van der Waals surface area contributed by atoms with Gasteiger partial charge in [0.2, 0.25) is 0 Å². The van der Waals surface area contributed by atoms with Gasteiger partial charge in [0.15, 0.2) is 0 Å². The fraction of sp³-hybridized carbons (Fsp3) is 0.240. The Bertz CT molecular complexity index is 1630. The summed E-state index contributed by atoms with van der Waals surface area (Å²) in [5.74, 6) is 0. The Morgan fingerprint density at radius 2 is 1.83 bits per heavy atom. The van der Waals surface area contributed by atoms with Gasteiger partial charge in [0, 0.05) is 16.0 Å². The maximum absolute atomic E-state index is 14.0. The van der Waals surface area contributed by atoms with Crippen molar-refractivity contribution in [3.05, 3.63) is 63.4 Å². The summed E-state index contributed by atoms with van der Waals surface area (Å²) in [6, 6.07) is 13.3. The van der Waals surface area contributed by atoms with Crippen molar-refractivity contribution in [1.82, 2.24) is 9.55 Å². The van der Waals surface area contributed by atoms with Crippen LogP contribution in [-0.4, -0.2) is 35.5 Å². The van der Waals surface area contributed by atoms with Crippen molar-refractivity contribution < 1.29 is 23.1 Å². The minimum atomic E-state index is -4.18. The first-order valence-corrected chi connectivity index (χ1v) is 13.2. The highest BCUT2D eigenvalue weighted by atomic mass is 35.5. The average Bonchev–Trinajstić information content (AvgIpc) is 3.16. The van der Waals surface area contributed by atoms with Crippen molar-refractivity contribution in [3.8, 4) is 17.2 Å². The number of pyridine rings is 1. The molecule has 2 aromatic heterocycles. The molecule has 0 aliphatic carbocycles. The van der Waals surface area contributed by atoms with Gasteiger partial charge in [-0.05, 0) is 56.7 Å². The van der Waals surface area contributed by atoms with Crippen LogP contribution in [0.25, 0.3) is 33.1 Å². The molecule has 0 bridgehead atoms. The normalized spacial score (nSPS) is 11.6. The van der Waals surface area contributed by atoms with Gasteiger partial charge in [-0.2, -0.15) is 5.26 Å². The number of nitriles is 1. The summed E-state index contributed by atoms with van der Waals surface area (Å²) in [6.07, 6.45) is -0.710. The van der Waals surface area contributed by atoms with Crippen LogP contribution in [-0.2, 0) is 18.3 Å². The number of halogens is 1. The molecule has 4 aromatic rings. The van der Waals surface area contributed by atoms with Crippen LogP contribution in [0.2, 0.25) is 5.02 Å². The van der Waals surface area contributed by atoms with Crippen molar-refractivity contribution in [2.45, 2.75) is 20.8 Å². The number of carbonyl (C=O) groups is 1. The second-order valence-corrected chi connectivity index (χ2v) is 10.0. The van der Waals surface area contributed by atoms with Crippen molar-refractivity contribution in [2.24, 2.45) is 0 Å². The molecule has 0 saturated heterocycles. The fourth-order valence-electron chi connectivity index (χ4n) is 4.19. The highest BCUT2D eigenvalue weighted by Gasteiger charge is 2.37. The van der Waals surface area contributed by atoms with Gasteiger partial charge in [0.05, 0.1) is 48.0 Å². The molecule has 2 aromatic carbocycles. The molecule has 0 spiro atoms. The number of ether oxygens (including phenoxy) is 1. The van der Waals surface area contributed by atoms with E-state index in [-0.39, 0.29) is 41.7 Å². The van der Waals surface area contributed by atoms with Crippen molar-refractivity contribution in [1.29, 1.82) is 5.26 Å². The first kappa shape index (κ1) is 25.7. The van der Waals surface area contributed by atoms with Crippen LogP contribution in [0.4, 0.5) is 4.79 Å². The van der Waals surface area contributed by atoms with Gasteiger partial charge in [-0.15, -0.1) is 0 Å². The van der Waals surface area contributed by atoms with Gasteiger partial charge in [0.25, 0.3) is 5.56 Å². The third-order valence-electron chi connectivity index (χ3n) is 5.46. The molecule has 0 amide bonds. The number of nitrogens with zero attached hydrogens (tertiary/aromatic N) is 2. The van der Waals surface area contributed by atoms with E-state index in [0.29, 0.717) is 27.1 Å². The SMILES string of the molecule is CCOC(=O)n1c2ccc(Cl)cc2c2[nH]c(=O)c(P(=O)(OCC)OCC)c(-c3cccc(C#N)c3)c21. The lowest BCUT2D eigenvalue weighted by molar-refractivity contribution is 0.156. The second-order valence-electron chi connectivity index (χ2n) is 7.62. The van der Waals surface area contributed by atoms with Gasteiger partial charge in [0.1, 0.15) is 5.30 Å². The van der Waals surface area contributed by atoms with Crippen LogP contribution < -0.4 is 10.9 Å². The number of rotatable bonds is 7. The van der Waals surface area contributed by atoms with Crippen LogP contribution in [0.3, 0.4) is 0 Å². The molecular weight excluding hydrogens is 505 g/mol. The van der Waals surface area contributed by atoms with Gasteiger partial charge in [-0.25, -0.2) is 9.36 Å². The van der Waals surface area contributed by atoms with Crippen LogP contribution in [0, 0.1) is 11.3 Å². The quantitative estimate of drug-likeness (QED) is 0.311. The Hall–Kier alpha value is -3.41. The van der Waals surface area contributed by atoms with E-state index < -0.39 is 19.2 Å². The zero-order chi connectivity index (χ0) is 26.0. The lowest BCUT2D eigenvalue weighted by atomic mass is 10.0. The molecule has 11 heteroatoms. The number of hydrogen-bond acceptors (Lipinski definition) is 7. The average molecular weight is 528 g/mol. The molecule has 186 valence electrons. The second kappa shape index (κ2) is 10.3. The first-order valence-electron chi connectivity index (χ1n) is 11.3. The maximum atomic E-state index is 14.0. The summed E-state index contributed by atoms with van der Waals surface area (Å²) in [7, 11) is -4.18. The molecule has 0 radical (unpaired) electrons. The maximum Gasteiger partial charge on any atom is 0.419 e. The Kier molecular flexibility index (Phi) is 7.34. The molecule has 1 N–H and O–H groups in total. The minimum Gasteiger partial charge on any atom is -0.449 e. The zero-order valence-corrected chi connectivity index (χ0v) is 21.5. The van der Waals surface area contributed by atoms with Gasteiger partial charge in [-0.1, -0.05) is 23.7 Å². The highest BCUT2D eigenvalue weighted by Crippen LogP contribution is 2.49. The molecule has 2 heterocycles. The smallest absolute Gasteiger partial charge is 0.419 e. The van der Waals surface area contributed by atoms with E-state index >= 15 is 0 Å². The number of carbonyl (C=O) groups excluding carboxylic acids is 1. The van der Waals surface area contributed by atoms with Gasteiger partial charge in [-0.3, -0.25) is 9.36 Å². The Morgan fingerprint density at radius 1 is 1.11 bits per heavy atom. The van der Waals surface area contributed by atoms with Crippen LogP contribution >= 0.6 is 19.2 Å². The third kappa shape index (κ3) is 4.34. The largest absolute Gasteiger partial charge is 0.449 e. The van der Waals surface area contributed by atoms with E-state index in [2.05, 4.69) is 11.1 Å². The Labute approximate surface area is 211 Å². The zero-order valence-electron chi connectivity index (χ0n) is 19.8. The summed E-state index contributed by atoms with van der Waals surface area (Å²) in [5, 5.41) is 10.1. The third-order valence-corrected chi connectivity index (χ3v) is 7.86. The number of H-pyrrole nitrogens is 1. The fourth-order valence-corrected chi connectivity index (χ4v) is 6.19. The molecule has 4 rings (SSSR count). The van der Waals surface area contributed by atoms with E-state index in [1.165, 1.54) is 4.57 Å². The van der Waals surface area contributed by atoms with E-state index in [9.17, 15) is 19.4 Å². The molecule has 9 nitrogen and oxygen atoms in total. The number of aromatic amines is 1. The number of benzene rings is 2. The van der Waals surface area contributed by atoms with E-state index in [0.717, 1.165) is 0 Å². The summed E-state index contributed by atoms with van der Waals surface area (Å²) >= 11 is 6.25. The molecular formula is C25H23ClN3O6P. The molecule has 36 heavy (non-hydrogen) atoms. The topological polar surface area (TPSA) is 123 Å². The molecule has 0 atom stereocenters. The molecule has 0 saturated carbocycles. The summed E-state index contributed by atoms with van der Waals surface area (Å²) in [4.78, 5) is 29.6. The first-order chi connectivity index (χ1) is 17.3. The van der Waals surface area contributed by atoms with E-state index in [4.69, 9.17) is 25.4 Å². The number of aromatic nitrogens is 2. The Balaban J connectivity index is 2.32. The standard InChI is InChI=1S/C25H23ClN3O6P/c1-4-33-25(31)29-19-11-10-17(26)13-18(19)21-22(29)20(16-9-7-8-15(12-16)14-27)23(24(30)28-21)36(32,34-5-2)35-6-3/h7-13H,4-6H2,1-3H3,(H,28,30). The molecule has 0 aliphatic rings. The monoisotopic (exact) mass is 527 g/mol. The molecule has 0 unspecified atom stereocenters. The van der Waals surface area contributed by atoms with Crippen molar-refractivity contribution >= 4 is 52.5 Å². The minimum absolute atomic E-state index is 0.00288. The van der Waals surface area contributed by atoms with Crippen LogP contribution in [0.15, 0.2) is 47.3 Å². The lowest BCUT2D eigenvalue weighted by Crippen LogP contribution is -2.32. The lowest BCUT2D eigenvalue weighted by Gasteiger charge is -2.20. The predicted octanol–water partition coefficient (Wildman–Crippen LogP) is 5.57. The molecule has 0 fully saturated rings. The summed E-state index contributed by atoms with van der Waals surface area (Å²) in [5.41, 5.74) is 1.02. The summed E-state index contributed by atoms with van der Waals surface area (Å²) in [6.45, 7) is 5.04. The Morgan fingerprint density at radius 3 is 2.47 bits per heavy atom. The highest BCUT2D eigenvalue weighted by molar-refractivity contribution is 7.62. The summed E-state index contributed by atoms with van der Waals surface area (Å²) < 4.78 is 31.7. The van der Waals surface area contributed by atoms with Gasteiger partial charge < -0.3 is 18.8 Å². The number of nitrogens with one attached hydrogen (secondary N) is 1. The number of fused-ring (bicyclic) bond motifs is 3. The number of hydrogen-bond donors (Lipinski definition) is 1.